The van der Waals surface area contributed by atoms with E-state index in [9.17, 15) is 4.79 Å². The molecule has 2 heterocycles. The lowest BCUT2D eigenvalue weighted by Gasteiger charge is -2.38. The monoisotopic (exact) mass is 219 g/mol. The average Bonchev–Trinajstić information content (AvgIpc) is 2.54. The quantitative estimate of drug-likeness (QED) is 0.626. The van der Waals surface area contributed by atoms with Crippen LogP contribution >= 0.6 is 12.4 Å². The summed E-state index contributed by atoms with van der Waals surface area (Å²) in [6, 6.07) is -0.263. The van der Waals surface area contributed by atoms with E-state index in [2.05, 4.69) is 5.32 Å². The maximum atomic E-state index is 10.9. The number of carbonyl (C=O) groups excluding carboxylic acids is 1. The summed E-state index contributed by atoms with van der Waals surface area (Å²) < 4.78 is 0. The Bertz CT molecular complexity index is 206. The highest BCUT2D eigenvalue weighted by Gasteiger charge is 2.37. The van der Waals surface area contributed by atoms with Crippen molar-refractivity contribution < 1.29 is 4.79 Å². The number of piperidine rings is 1. The van der Waals surface area contributed by atoms with Gasteiger partial charge in [-0.2, -0.15) is 0 Å². The minimum absolute atomic E-state index is 0. The van der Waals surface area contributed by atoms with E-state index in [-0.39, 0.29) is 18.4 Å². The summed E-state index contributed by atoms with van der Waals surface area (Å²) in [5.41, 5.74) is 5.70. The molecule has 0 saturated carbocycles. The topological polar surface area (TPSA) is 58.4 Å². The molecule has 2 rings (SSSR count). The van der Waals surface area contributed by atoms with Crippen molar-refractivity contribution in [1.29, 1.82) is 0 Å². The van der Waals surface area contributed by atoms with Crippen LogP contribution < -0.4 is 11.1 Å². The van der Waals surface area contributed by atoms with Gasteiger partial charge in [0.1, 0.15) is 0 Å². The van der Waals surface area contributed by atoms with Crippen molar-refractivity contribution in [3.63, 3.8) is 0 Å². The molecule has 0 unspecified atom stereocenters. The van der Waals surface area contributed by atoms with Crippen LogP contribution in [0, 0.1) is 5.41 Å². The molecule has 0 aromatic heterocycles. The van der Waals surface area contributed by atoms with E-state index in [1.165, 1.54) is 6.42 Å². The zero-order valence-corrected chi connectivity index (χ0v) is 9.11. The van der Waals surface area contributed by atoms with Gasteiger partial charge in [-0.1, -0.05) is 0 Å². The fraction of sp³-hybridized carbons (Fsp3) is 0.889. The van der Waals surface area contributed by atoms with Gasteiger partial charge in [-0.15, -0.1) is 12.4 Å². The Balaban J connectivity index is 0.000000980. The Kier molecular flexibility index (Phi) is 3.61. The molecule has 0 bridgehead atoms. The molecule has 5 heteroatoms. The lowest BCUT2D eigenvalue weighted by Crippen LogP contribution is -2.46. The molecule has 0 atom stereocenters. The number of carbonyl (C=O) groups is 1. The maximum Gasteiger partial charge on any atom is 0.314 e. The van der Waals surface area contributed by atoms with Gasteiger partial charge in [0, 0.05) is 19.6 Å². The Morgan fingerprint density at radius 3 is 2.36 bits per heavy atom. The first-order chi connectivity index (χ1) is 6.22. The van der Waals surface area contributed by atoms with E-state index in [0.29, 0.717) is 5.41 Å². The van der Waals surface area contributed by atoms with Crippen LogP contribution in [0.15, 0.2) is 0 Å². The summed E-state index contributed by atoms with van der Waals surface area (Å²) in [7, 11) is 0. The molecule has 4 nitrogen and oxygen atoms in total. The zero-order chi connectivity index (χ0) is 9.31. The van der Waals surface area contributed by atoms with Crippen LogP contribution in [0.3, 0.4) is 0 Å². The molecule has 0 aliphatic carbocycles. The number of amides is 2. The second-order valence-corrected chi connectivity index (χ2v) is 4.25. The van der Waals surface area contributed by atoms with E-state index in [1.807, 2.05) is 0 Å². The summed E-state index contributed by atoms with van der Waals surface area (Å²) in [6.07, 6.45) is 3.49. The fourth-order valence-corrected chi connectivity index (χ4v) is 2.42. The Morgan fingerprint density at radius 1 is 1.29 bits per heavy atom. The van der Waals surface area contributed by atoms with Crippen molar-refractivity contribution in [2.24, 2.45) is 11.1 Å². The van der Waals surface area contributed by atoms with Gasteiger partial charge in [-0.3, -0.25) is 0 Å². The van der Waals surface area contributed by atoms with E-state index in [0.717, 1.165) is 39.0 Å². The van der Waals surface area contributed by atoms with Gasteiger partial charge >= 0.3 is 6.03 Å². The van der Waals surface area contributed by atoms with Crippen LogP contribution in [0.2, 0.25) is 0 Å². The third-order valence-corrected chi connectivity index (χ3v) is 3.47. The predicted molar refractivity (Wildman–Crippen MR) is 57.6 cm³/mol. The van der Waals surface area contributed by atoms with Crippen molar-refractivity contribution in [3.8, 4) is 0 Å². The molecular weight excluding hydrogens is 202 g/mol. The van der Waals surface area contributed by atoms with Gasteiger partial charge in [0.15, 0.2) is 0 Å². The predicted octanol–water partition coefficient (Wildman–Crippen LogP) is 0.562. The highest BCUT2D eigenvalue weighted by Crippen LogP contribution is 2.36. The van der Waals surface area contributed by atoms with E-state index in [4.69, 9.17) is 5.73 Å². The second kappa shape index (κ2) is 4.36. The molecule has 1 spiro atoms. The first-order valence-electron chi connectivity index (χ1n) is 4.97. The summed E-state index contributed by atoms with van der Waals surface area (Å²) in [5, 5.41) is 3.39. The molecule has 0 aromatic rings. The van der Waals surface area contributed by atoms with Gasteiger partial charge in [-0.25, -0.2) is 4.79 Å². The van der Waals surface area contributed by atoms with Gasteiger partial charge in [-0.05, 0) is 31.2 Å². The lowest BCUT2D eigenvalue weighted by molar-refractivity contribution is 0.134. The number of rotatable bonds is 0. The first-order valence-corrected chi connectivity index (χ1v) is 4.97. The number of nitrogens with zero attached hydrogens (tertiary/aromatic N) is 1. The number of hydrogen-bond donors (Lipinski definition) is 2. The molecule has 3 N–H and O–H groups in total. The lowest BCUT2D eigenvalue weighted by atomic mass is 9.78. The number of likely N-dealkylation sites (tertiary alicyclic amines) is 1. The van der Waals surface area contributed by atoms with Crippen LogP contribution in [-0.2, 0) is 0 Å². The summed E-state index contributed by atoms with van der Waals surface area (Å²) in [4.78, 5) is 12.6. The van der Waals surface area contributed by atoms with E-state index < -0.39 is 0 Å². The molecule has 14 heavy (non-hydrogen) atoms. The van der Waals surface area contributed by atoms with Crippen molar-refractivity contribution in [3.05, 3.63) is 0 Å². The van der Waals surface area contributed by atoms with Crippen LogP contribution in [0.25, 0.3) is 0 Å². The van der Waals surface area contributed by atoms with Crippen molar-refractivity contribution in [2.75, 3.05) is 26.2 Å². The van der Waals surface area contributed by atoms with E-state index >= 15 is 0 Å². The van der Waals surface area contributed by atoms with Crippen LogP contribution in [0.5, 0.6) is 0 Å². The number of halogens is 1. The Hall–Kier alpha value is -0.480. The highest BCUT2D eigenvalue weighted by molar-refractivity contribution is 5.85. The standard InChI is InChI=1S/C9H17N3O.ClH/c10-8(13)12-5-2-9(3-6-12)1-4-11-7-9;/h11H,1-7H2,(H2,10,13);1H. The van der Waals surface area contributed by atoms with Gasteiger partial charge in [0.2, 0.25) is 0 Å². The number of nitrogens with two attached hydrogens (primary N) is 1. The number of urea groups is 1. The maximum absolute atomic E-state index is 10.9. The normalized spacial score (nSPS) is 24.7. The molecule has 2 aliphatic rings. The number of hydrogen-bond acceptors (Lipinski definition) is 2. The van der Waals surface area contributed by atoms with Crippen molar-refractivity contribution in [1.82, 2.24) is 10.2 Å². The molecular formula is C9H18ClN3O. The van der Waals surface area contributed by atoms with E-state index in [1.54, 1.807) is 4.90 Å². The number of primary amides is 1. The summed E-state index contributed by atoms with van der Waals surface area (Å²) in [5.74, 6) is 0. The van der Waals surface area contributed by atoms with Crippen LogP contribution in [-0.4, -0.2) is 37.1 Å². The molecule has 2 aliphatic heterocycles. The van der Waals surface area contributed by atoms with Crippen molar-refractivity contribution >= 4 is 18.4 Å². The molecule has 2 saturated heterocycles. The third kappa shape index (κ3) is 2.12. The average molecular weight is 220 g/mol. The van der Waals surface area contributed by atoms with Gasteiger partial charge in [0.25, 0.3) is 0 Å². The Morgan fingerprint density at radius 2 is 1.93 bits per heavy atom. The summed E-state index contributed by atoms with van der Waals surface area (Å²) in [6.45, 7) is 3.95. The number of nitrogens with one attached hydrogen (secondary N) is 1. The molecule has 2 amide bonds. The largest absolute Gasteiger partial charge is 0.351 e. The molecule has 2 fully saturated rings. The minimum Gasteiger partial charge on any atom is -0.351 e. The smallest absolute Gasteiger partial charge is 0.314 e. The molecule has 0 radical (unpaired) electrons. The first kappa shape index (κ1) is 11.6. The van der Waals surface area contributed by atoms with Crippen molar-refractivity contribution in [2.45, 2.75) is 19.3 Å². The fourth-order valence-electron chi connectivity index (χ4n) is 2.42. The van der Waals surface area contributed by atoms with Gasteiger partial charge in [0.05, 0.1) is 0 Å². The molecule has 82 valence electrons. The summed E-state index contributed by atoms with van der Waals surface area (Å²) >= 11 is 0. The van der Waals surface area contributed by atoms with Gasteiger partial charge < -0.3 is 16.0 Å². The third-order valence-electron chi connectivity index (χ3n) is 3.47. The highest BCUT2D eigenvalue weighted by atomic mass is 35.5. The Labute approximate surface area is 90.6 Å². The SMILES string of the molecule is Cl.NC(=O)N1CCC2(CCNC2)CC1. The van der Waals surface area contributed by atoms with Crippen LogP contribution in [0.4, 0.5) is 4.79 Å². The zero-order valence-electron chi connectivity index (χ0n) is 8.29. The molecule has 0 aromatic carbocycles. The van der Waals surface area contributed by atoms with Crippen LogP contribution in [0.1, 0.15) is 19.3 Å². The second-order valence-electron chi connectivity index (χ2n) is 4.25. The minimum atomic E-state index is -0.263.